The summed E-state index contributed by atoms with van der Waals surface area (Å²) in [6, 6.07) is 14.0. The molecule has 1 aliphatic rings. The Bertz CT molecular complexity index is 626. The van der Waals surface area contributed by atoms with Crippen molar-refractivity contribution in [2.75, 3.05) is 6.54 Å². The van der Waals surface area contributed by atoms with Gasteiger partial charge in [0, 0.05) is 18.7 Å². The van der Waals surface area contributed by atoms with Crippen molar-refractivity contribution in [1.29, 1.82) is 0 Å². The van der Waals surface area contributed by atoms with Gasteiger partial charge in [0.15, 0.2) is 0 Å². The maximum absolute atomic E-state index is 9.32. The highest BCUT2D eigenvalue weighted by Crippen LogP contribution is 2.20. The molecule has 0 aliphatic carbocycles. The van der Waals surface area contributed by atoms with Gasteiger partial charge in [0.1, 0.15) is 5.75 Å². The van der Waals surface area contributed by atoms with Crippen molar-refractivity contribution in [3.05, 3.63) is 64.7 Å². The van der Waals surface area contributed by atoms with E-state index in [-0.39, 0.29) is 0 Å². The predicted octanol–water partition coefficient (Wildman–Crippen LogP) is 3.29. The largest absolute Gasteiger partial charge is 0.508 e. The number of aryl methyl sites for hydroxylation is 1. The molecule has 0 spiro atoms. The fraction of sp³-hybridized carbons (Fsp3) is 0.235. The first-order valence-corrected chi connectivity index (χ1v) is 6.63. The fourth-order valence-electron chi connectivity index (χ4n) is 2.57. The summed E-state index contributed by atoms with van der Waals surface area (Å²) in [6.45, 7) is 3.01. The molecule has 2 nitrogen and oxygen atoms in total. The zero-order valence-electron chi connectivity index (χ0n) is 11.1. The molecule has 0 atom stereocenters. The lowest BCUT2D eigenvalue weighted by atomic mass is 9.92. The van der Waals surface area contributed by atoms with E-state index in [2.05, 4.69) is 30.1 Å². The van der Waals surface area contributed by atoms with Crippen LogP contribution >= 0.6 is 0 Å². The molecule has 0 saturated carbocycles. The van der Waals surface area contributed by atoms with Gasteiger partial charge in [-0.1, -0.05) is 35.9 Å². The van der Waals surface area contributed by atoms with E-state index in [0.29, 0.717) is 5.75 Å². The lowest BCUT2D eigenvalue weighted by Crippen LogP contribution is -2.15. The Balaban J connectivity index is 1.90. The minimum Gasteiger partial charge on any atom is -0.508 e. The van der Waals surface area contributed by atoms with Crippen LogP contribution in [0.2, 0.25) is 0 Å². The predicted molar refractivity (Wildman–Crippen MR) is 78.1 cm³/mol. The molecular weight excluding hydrogens is 234 g/mol. The Morgan fingerprint density at radius 1 is 1.11 bits per heavy atom. The van der Waals surface area contributed by atoms with Crippen LogP contribution in [-0.2, 0) is 12.8 Å². The Morgan fingerprint density at radius 3 is 2.68 bits per heavy atom. The molecule has 0 aromatic heterocycles. The highest BCUT2D eigenvalue weighted by Gasteiger charge is 2.14. The number of nitrogens with zero attached hydrogens (tertiary/aromatic N) is 1. The van der Waals surface area contributed by atoms with Gasteiger partial charge in [-0.15, -0.1) is 0 Å². The van der Waals surface area contributed by atoms with Crippen molar-refractivity contribution >= 4 is 5.71 Å². The van der Waals surface area contributed by atoms with Crippen LogP contribution in [0.5, 0.6) is 5.75 Å². The summed E-state index contributed by atoms with van der Waals surface area (Å²) in [7, 11) is 0. The van der Waals surface area contributed by atoms with Crippen molar-refractivity contribution in [3.8, 4) is 5.75 Å². The number of aliphatic imine (C=N–C) groups is 1. The van der Waals surface area contributed by atoms with E-state index >= 15 is 0 Å². The van der Waals surface area contributed by atoms with Gasteiger partial charge in [-0.3, -0.25) is 4.99 Å². The Hall–Kier alpha value is -2.09. The van der Waals surface area contributed by atoms with Crippen molar-refractivity contribution in [1.82, 2.24) is 0 Å². The summed E-state index contributed by atoms with van der Waals surface area (Å²) >= 11 is 0. The first-order valence-electron chi connectivity index (χ1n) is 6.63. The minimum atomic E-state index is 0.311. The van der Waals surface area contributed by atoms with Crippen LogP contribution in [0.3, 0.4) is 0 Å². The van der Waals surface area contributed by atoms with Crippen LogP contribution in [0.15, 0.2) is 47.5 Å². The second kappa shape index (κ2) is 4.88. The summed E-state index contributed by atoms with van der Waals surface area (Å²) in [6.07, 6.45) is 1.87. The number of phenolic OH excluding ortho intramolecular Hbond substituents is 1. The molecule has 2 aromatic rings. The molecule has 1 N–H and O–H groups in total. The van der Waals surface area contributed by atoms with Crippen molar-refractivity contribution in [3.63, 3.8) is 0 Å². The Kier molecular flexibility index (Phi) is 3.08. The number of hydrogen-bond acceptors (Lipinski definition) is 2. The molecule has 0 fully saturated rings. The van der Waals surface area contributed by atoms with E-state index < -0.39 is 0 Å². The molecule has 3 rings (SSSR count). The van der Waals surface area contributed by atoms with Crippen LogP contribution < -0.4 is 0 Å². The number of hydrogen-bond donors (Lipinski definition) is 1. The van der Waals surface area contributed by atoms with E-state index in [9.17, 15) is 5.11 Å². The molecule has 0 saturated heterocycles. The maximum Gasteiger partial charge on any atom is 0.115 e. The zero-order chi connectivity index (χ0) is 13.2. The smallest absolute Gasteiger partial charge is 0.115 e. The monoisotopic (exact) mass is 251 g/mol. The van der Waals surface area contributed by atoms with Crippen LogP contribution in [0.25, 0.3) is 0 Å². The summed E-state index contributed by atoms with van der Waals surface area (Å²) in [4.78, 5) is 4.67. The van der Waals surface area contributed by atoms with E-state index in [0.717, 1.165) is 25.1 Å². The topological polar surface area (TPSA) is 32.6 Å². The average molecular weight is 251 g/mol. The van der Waals surface area contributed by atoms with Gasteiger partial charge in [0.25, 0.3) is 0 Å². The molecule has 0 amide bonds. The molecule has 0 radical (unpaired) electrons. The van der Waals surface area contributed by atoms with E-state index in [1.54, 1.807) is 12.1 Å². The average Bonchev–Trinajstić information content (AvgIpc) is 2.41. The van der Waals surface area contributed by atoms with Gasteiger partial charge in [-0.2, -0.15) is 0 Å². The number of fused-ring (bicyclic) bond motifs is 1. The van der Waals surface area contributed by atoms with Gasteiger partial charge in [0.05, 0.1) is 0 Å². The van der Waals surface area contributed by atoms with Crippen LogP contribution in [0, 0.1) is 6.92 Å². The number of benzene rings is 2. The molecule has 0 unspecified atom stereocenters. The van der Waals surface area contributed by atoms with E-state index in [4.69, 9.17) is 0 Å². The van der Waals surface area contributed by atoms with Gasteiger partial charge in [-0.05, 0) is 42.2 Å². The van der Waals surface area contributed by atoms with Crippen LogP contribution in [0.1, 0.15) is 22.3 Å². The quantitative estimate of drug-likeness (QED) is 0.872. The summed E-state index contributed by atoms with van der Waals surface area (Å²) in [5.41, 5.74) is 6.34. The summed E-state index contributed by atoms with van der Waals surface area (Å²) < 4.78 is 0. The molecule has 1 aliphatic heterocycles. The SMILES string of the molecule is Cc1ccc2c(c1)CCN=C2Cc1ccc(O)cc1. The molecule has 1 heterocycles. The fourth-order valence-corrected chi connectivity index (χ4v) is 2.57. The van der Waals surface area contributed by atoms with Gasteiger partial charge >= 0.3 is 0 Å². The zero-order valence-corrected chi connectivity index (χ0v) is 11.1. The lowest BCUT2D eigenvalue weighted by molar-refractivity contribution is 0.475. The third-order valence-corrected chi connectivity index (χ3v) is 3.56. The lowest BCUT2D eigenvalue weighted by Gasteiger charge is -2.17. The molecule has 96 valence electrons. The molecule has 19 heavy (non-hydrogen) atoms. The normalized spacial score (nSPS) is 13.8. The third-order valence-electron chi connectivity index (χ3n) is 3.56. The standard InChI is InChI=1S/C17H17NO/c1-12-2-7-16-14(10-12)8-9-18-17(16)11-13-3-5-15(19)6-4-13/h2-7,10,19H,8-9,11H2,1H3. The first-order chi connectivity index (χ1) is 9.22. The highest BCUT2D eigenvalue weighted by atomic mass is 16.3. The van der Waals surface area contributed by atoms with Crippen LogP contribution in [0.4, 0.5) is 0 Å². The first kappa shape index (κ1) is 12.0. The molecule has 0 bridgehead atoms. The van der Waals surface area contributed by atoms with Crippen LogP contribution in [-0.4, -0.2) is 17.4 Å². The molecular formula is C17H17NO. The van der Waals surface area contributed by atoms with Gasteiger partial charge < -0.3 is 5.11 Å². The Labute approximate surface area is 113 Å². The van der Waals surface area contributed by atoms with Crippen molar-refractivity contribution in [2.45, 2.75) is 19.8 Å². The van der Waals surface area contributed by atoms with Gasteiger partial charge in [-0.25, -0.2) is 0 Å². The minimum absolute atomic E-state index is 0.311. The Morgan fingerprint density at radius 2 is 1.89 bits per heavy atom. The van der Waals surface area contributed by atoms with E-state index in [1.807, 2.05) is 12.1 Å². The number of rotatable bonds is 2. The molecule has 2 heteroatoms. The summed E-state index contributed by atoms with van der Waals surface area (Å²) in [5.74, 6) is 0.311. The van der Waals surface area contributed by atoms with E-state index in [1.165, 1.54) is 22.3 Å². The summed E-state index contributed by atoms with van der Waals surface area (Å²) in [5, 5.41) is 9.32. The van der Waals surface area contributed by atoms with Gasteiger partial charge in [0.2, 0.25) is 0 Å². The number of phenols is 1. The second-order valence-electron chi connectivity index (χ2n) is 5.08. The second-order valence-corrected chi connectivity index (χ2v) is 5.08. The molecule has 2 aromatic carbocycles. The highest BCUT2D eigenvalue weighted by molar-refractivity contribution is 6.03. The maximum atomic E-state index is 9.32. The van der Waals surface area contributed by atoms with Crippen molar-refractivity contribution in [2.24, 2.45) is 4.99 Å². The third kappa shape index (κ3) is 2.53. The number of aromatic hydroxyl groups is 1. The van der Waals surface area contributed by atoms with Crippen molar-refractivity contribution < 1.29 is 5.11 Å².